The Hall–Kier alpha value is -0.870. The molecular weight excluding hydrogens is 350 g/mol. The molecule has 2 aromatic rings. The Morgan fingerprint density at radius 3 is 2.52 bits per heavy atom. The number of rotatable bonds is 7. The second-order valence-electron chi connectivity index (χ2n) is 5.81. The second-order valence-corrected chi connectivity index (χ2v) is 6.89. The summed E-state index contributed by atoms with van der Waals surface area (Å²) in [4.78, 5) is 4.42. The van der Waals surface area contributed by atoms with Crippen LogP contribution in [-0.2, 0) is 19.4 Å². The first-order valence-corrected chi connectivity index (χ1v) is 8.75. The van der Waals surface area contributed by atoms with Gasteiger partial charge in [-0.2, -0.15) is 5.10 Å². The van der Waals surface area contributed by atoms with E-state index < -0.39 is 0 Å². The molecule has 0 amide bonds. The number of aromatic nitrogens is 3. The van der Waals surface area contributed by atoms with Crippen LogP contribution < -0.4 is 0 Å². The summed E-state index contributed by atoms with van der Waals surface area (Å²) in [5, 5.41) is 6.07. The molecule has 0 aliphatic rings. The molecule has 114 valence electrons. The minimum absolute atomic E-state index is 0.501. The summed E-state index contributed by atoms with van der Waals surface area (Å²) in [5.41, 5.74) is 1.30. The number of hydrogen-bond donors (Lipinski definition) is 0. The van der Waals surface area contributed by atoms with Crippen LogP contribution in [-0.4, -0.2) is 20.1 Å². The van der Waals surface area contributed by atoms with Crippen molar-refractivity contribution in [3.8, 4) is 0 Å². The van der Waals surface area contributed by atoms with Crippen LogP contribution in [0.15, 0.2) is 30.6 Å². The van der Waals surface area contributed by atoms with Gasteiger partial charge in [0.25, 0.3) is 0 Å². The second kappa shape index (κ2) is 7.95. The summed E-state index contributed by atoms with van der Waals surface area (Å²) in [6, 6.07) is 8.08. The molecule has 5 heteroatoms. The molecule has 1 aromatic heterocycles. The van der Waals surface area contributed by atoms with Crippen LogP contribution in [0.1, 0.15) is 25.2 Å². The Balaban J connectivity index is 2.02. The van der Waals surface area contributed by atoms with Crippen LogP contribution >= 0.6 is 27.5 Å². The summed E-state index contributed by atoms with van der Waals surface area (Å²) in [7, 11) is 0. The van der Waals surface area contributed by atoms with Crippen LogP contribution in [0.3, 0.4) is 0 Å². The fraction of sp³-hybridized carbons (Fsp3) is 0.500. The molecule has 1 unspecified atom stereocenters. The van der Waals surface area contributed by atoms with E-state index in [4.69, 9.17) is 11.6 Å². The molecule has 1 atom stereocenters. The first-order valence-electron chi connectivity index (χ1n) is 7.25. The standard InChI is InChI=1S/C16H21BrClN3/c1-12(2)10-21-16(19-11-20-21)8-14(9-17)7-13-3-5-15(18)6-4-13/h3-6,11-12,14H,7-10H2,1-2H3. The van der Waals surface area contributed by atoms with Gasteiger partial charge >= 0.3 is 0 Å². The molecule has 0 radical (unpaired) electrons. The third-order valence-corrected chi connectivity index (χ3v) is 4.53. The lowest BCUT2D eigenvalue weighted by Gasteiger charge is -2.15. The quantitative estimate of drug-likeness (QED) is 0.677. The van der Waals surface area contributed by atoms with Crippen LogP contribution in [0.25, 0.3) is 0 Å². The van der Waals surface area contributed by atoms with Gasteiger partial charge in [-0.25, -0.2) is 9.67 Å². The molecular formula is C16H21BrClN3. The normalized spacial score (nSPS) is 12.8. The van der Waals surface area contributed by atoms with Crippen LogP contribution in [0.5, 0.6) is 0 Å². The van der Waals surface area contributed by atoms with E-state index in [0.717, 1.165) is 35.6 Å². The van der Waals surface area contributed by atoms with Gasteiger partial charge in [-0.3, -0.25) is 0 Å². The molecule has 0 aliphatic carbocycles. The number of benzene rings is 1. The lowest BCUT2D eigenvalue weighted by atomic mass is 9.97. The number of hydrogen-bond acceptors (Lipinski definition) is 2. The lowest BCUT2D eigenvalue weighted by molar-refractivity contribution is 0.448. The molecule has 2 rings (SSSR count). The van der Waals surface area contributed by atoms with Crippen molar-refractivity contribution in [2.24, 2.45) is 11.8 Å². The van der Waals surface area contributed by atoms with Crippen molar-refractivity contribution in [3.63, 3.8) is 0 Å². The summed E-state index contributed by atoms with van der Waals surface area (Å²) in [5.74, 6) is 2.15. The fourth-order valence-corrected chi connectivity index (χ4v) is 2.92. The molecule has 1 heterocycles. The Bertz CT molecular complexity index is 551. The smallest absolute Gasteiger partial charge is 0.138 e. The van der Waals surface area contributed by atoms with Crippen molar-refractivity contribution in [2.45, 2.75) is 33.2 Å². The largest absolute Gasteiger partial charge is 0.250 e. The highest BCUT2D eigenvalue weighted by Crippen LogP contribution is 2.18. The summed E-state index contributed by atoms with van der Waals surface area (Å²) in [6.07, 6.45) is 3.60. The van der Waals surface area contributed by atoms with Gasteiger partial charge in [0, 0.05) is 23.3 Å². The predicted octanol–water partition coefficient (Wildman–Crippen LogP) is 4.38. The fourth-order valence-electron chi connectivity index (χ4n) is 2.34. The van der Waals surface area contributed by atoms with Gasteiger partial charge in [0.05, 0.1) is 0 Å². The predicted molar refractivity (Wildman–Crippen MR) is 91.0 cm³/mol. The molecule has 0 saturated heterocycles. The third-order valence-electron chi connectivity index (χ3n) is 3.36. The van der Waals surface area contributed by atoms with Gasteiger partial charge < -0.3 is 0 Å². The van der Waals surface area contributed by atoms with Crippen molar-refractivity contribution in [3.05, 3.63) is 47.0 Å². The number of alkyl halides is 1. The van der Waals surface area contributed by atoms with E-state index in [1.807, 2.05) is 16.8 Å². The monoisotopic (exact) mass is 369 g/mol. The van der Waals surface area contributed by atoms with Crippen molar-refractivity contribution >= 4 is 27.5 Å². The van der Waals surface area contributed by atoms with Crippen LogP contribution in [0.4, 0.5) is 0 Å². The third kappa shape index (κ3) is 5.11. The average molecular weight is 371 g/mol. The van der Waals surface area contributed by atoms with E-state index in [9.17, 15) is 0 Å². The maximum Gasteiger partial charge on any atom is 0.138 e. The van der Waals surface area contributed by atoms with E-state index in [1.165, 1.54) is 5.56 Å². The van der Waals surface area contributed by atoms with Gasteiger partial charge in [-0.1, -0.05) is 53.5 Å². The Kier molecular flexibility index (Phi) is 6.24. The summed E-state index contributed by atoms with van der Waals surface area (Å²) in [6.45, 7) is 5.31. The SMILES string of the molecule is CC(C)Cn1ncnc1CC(CBr)Cc1ccc(Cl)cc1. The summed E-state index contributed by atoms with van der Waals surface area (Å²) < 4.78 is 2.03. The maximum absolute atomic E-state index is 5.94. The van der Waals surface area contributed by atoms with Crippen molar-refractivity contribution in [2.75, 3.05) is 5.33 Å². The maximum atomic E-state index is 5.94. The number of halogens is 2. The molecule has 3 nitrogen and oxygen atoms in total. The van der Waals surface area contributed by atoms with Gasteiger partial charge in [0.1, 0.15) is 12.2 Å². The highest BCUT2D eigenvalue weighted by atomic mass is 79.9. The van der Waals surface area contributed by atoms with Gasteiger partial charge in [0.15, 0.2) is 0 Å². The Morgan fingerprint density at radius 2 is 1.90 bits per heavy atom. The van der Waals surface area contributed by atoms with Crippen molar-refractivity contribution in [1.29, 1.82) is 0 Å². The van der Waals surface area contributed by atoms with E-state index >= 15 is 0 Å². The molecule has 21 heavy (non-hydrogen) atoms. The number of nitrogens with zero attached hydrogens (tertiary/aromatic N) is 3. The van der Waals surface area contributed by atoms with E-state index in [-0.39, 0.29) is 0 Å². The minimum Gasteiger partial charge on any atom is -0.250 e. The molecule has 0 N–H and O–H groups in total. The zero-order valence-electron chi connectivity index (χ0n) is 12.5. The highest BCUT2D eigenvalue weighted by molar-refractivity contribution is 9.09. The zero-order valence-corrected chi connectivity index (χ0v) is 14.8. The molecule has 1 aromatic carbocycles. The molecule has 0 aliphatic heterocycles. The van der Waals surface area contributed by atoms with Crippen molar-refractivity contribution < 1.29 is 0 Å². The first-order chi connectivity index (χ1) is 10.1. The Morgan fingerprint density at radius 1 is 1.19 bits per heavy atom. The van der Waals surface area contributed by atoms with Gasteiger partial charge in [-0.05, 0) is 36.0 Å². The first kappa shape index (κ1) is 16.5. The Labute approximate surface area is 139 Å². The van der Waals surface area contributed by atoms with E-state index in [1.54, 1.807) is 6.33 Å². The summed E-state index contributed by atoms with van der Waals surface area (Å²) >= 11 is 9.56. The van der Waals surface area contributed by atoms with E-state index in [0.29, 0.717) is 11.8 Å². The van der Waals surface area contributed by atoms with Crippen LogP contribution in [0.2, 0.25) is 5.02 Å². The molecule has 0 fully saturated rings. The average Bonchev–Trinajstić information content (AvgIpc) is 2.87. The molecule has 0 saturated carbocycles. The van der Waals surface area contributed by atoms with Crippen LogP contribution in [0, 0.1) is 11.8 Å². The van der Waals surface area contributed by atoms with E-state index in [2.05, 4.69) is 52.0 Å². The molecule has 0 spiro atoms. The van der Waals surface area contributed by atoms with Crippen molar-refractivity contribution in [1.82, 2.24) is 14.8 Å². The van der Waals surface area contributed by atoms with Gasteiger partial charge in [-0.15, -0.1) is 0 Å². The minimum atomic E-state index is 0.501. The van der Waals surface area contributed by atoms with Gasteiger partial charge in [0.2, 0.25) is 0 Å². The highest BCUT2D eigenvalue weighted by Gasteiger charge is 2.14. The zero-order chi connectivity index (χ0) is 15.2. The molecule has 0 bridgehead atoms. The topological polar surface area (TPSA) is 30.7 Å². The lowest BCUT2D eigenvalue weighted by Crippen LogP contribution is -2.16.